The Labute approximate surface area is 119 Å². The lowest BCUT2D eigenvalue weighted by molar-refractivity contribution is -0.145. The molecule has 0 heterocycles. The molecule has 2 rings (SSSR count). The number of rotatable bonds is 5. The summed E-state index contributed by atoms with van der Waals surface area (Å²) in [6.07, 6.45) is 0. The minimum Gasteiger partial charge on any atom is -0.469 e. The molecule has 0 saturated heterocycles. The van der Waals surface area contributed by atoms with Crippen molar-refractivity contribution in [2.24, 2.45) is 5.92 Å². The zero-order valence-corrected chi connectivity index (χ0v) is 11.7. The van der Waals surface area contributed by atoms with Crippen molar-refractivity contribution in [1.82, 2.24) is 0 Å². The van der Waals surface area contributed by atoms with Crippen molar-refractivity contribution in [3.63, 3.8) is 0 Å². The van der Waals surface area contributed by atoms with E-state index in [0.717, 1.165) is 11.3 Å². The third kappa shape index (κ3) is 3.38. The first-order valence-electron chi connectivity index (χ1n) is 6.66. The van der Waals surface area contributed by atoms with Gasteiger partial charge in [-0.3, -0.25) is 4.79 Å². The van der Waals surface area contributed by atoms with Crippen molar-refractivity contribution in [2.75, 3.05) is 12.4 Å². The highest BCUT2D eigenvalue weighted by Gasteiger charge is 2.26. The van der Waals surface area contributed by atoms with E-state index in [4.69, 9.17) is 4.74 Å². The summed E-state index contributed by atoms with van der Waals surface area (Å²) in [5, 5.41) is 3.41. The molecule has 0 fully saturated rings. The molecular formula is C17H19NO2. The average Bonchev–Trinajstić information content (AvgIpc) is 2.53. The first kappa shape index (κ1) is 14.1. The van der Waals surface area contributed by atoms with Crippen molar-refractivity contribution in [2.45, 2.75) is 13.0 Å². The van der Waals surface area contributed by atoms with E-state index < -0.39 is 0 Å². The maximum atomic E-state index is 11.9. The van der Waals surface area contributed by atoms with E-state index in [1.165, 1.54) is 7.11 Å². The lowest BCUT2D eigenvalue weighted by Gasteiger charge is -2.25. The van der Waals surface area contributed by atoms with E-state index in [9.17, 15) is 4.79 Å². The fourth-order valence-corrected chi connectivity index (χ4v) is 2.19. The second-order valence-electron chi connectivity index (χ2n) is 4.71. The van der Waals surface area contributed by atoms with Gasteiger partial charge in [-0.05, 0) is 24.6 Å². The molecule has 0 spiro atoms. The standard InChI is InChI=1S/C17H19NO2/c1-13(17(19)20-2)16(14-9-5-3-6-10-14)18-15-11-7-4-8-12-15/h3-13,16,18H,1-2H3. The maximum absolute atomic E-state index is 11.9. The highest BCUT2D eigenvalue weighted by Crippen LogP contribution is 2.27. The van der Waals surface area contributed by atoms with Gasteiger partial charge in [-0.15, -0.1) is 0 Å². The molecule has 104 valence electrons. The number of anilines is 1. The summed E-state index contributed by atoms with van der Waals surface area (Å²) >= 11 is 0. The molecule has 2 aromatic carbocycles. The fraction of sp³-hybridized carbons (Fsp3) is 0.235. The Morgan fingerprint density at radius 3 is 2.10 bits per heavy atom. The van der Waals surface area contributed by atoms with Gasteiger partial charge in [0, 0.05) is 5.69 Å². The lowest BCUT2D eigenvalue weighted by atomic mass is 9.94. The first-order valence-corrected chi connectivity index (χ1v) is 6.66. The van der Waals surface area contributed by atoms with Crippen LogP contribution in [0.1, 0.15) is 18.5 Å². The van der Waals surface area contributed by atoms with E-state index in [0.29, 0.717) is 0 Å². The number of ether oxygens (including phenoxy) is 1. The number of benzene rings is 2. The van der Waals surface area contributed by atoms with Gasteiger partial charge in [0.25, 0.3) is 0 Å². The number of para-hydroxylation sites is 1. The Morgan fingerprint density at radius 1 is 1.00 bits per heavy atom. The second kappa shape index (κ2) is 6.75. The summed E-state index contributed by atoms with van der Waals surface area (Å²) in [5.74, 6) is -0.495. The van der Waals surface area contributed by atoms with E-state index in [-0.39, 0.29) is 17.9 Å². The number of methoxy groups -OCH3 is 1. The number of hydrogen-bond donors (Lipinski definition) is 1. The molecule has 0 saturated carbocycles. The van der Waals surface area contributed by atoms with Gasteiger partial charge in [0.2, 0.25) is 0 Å². The topological polar surface area (TPSA) is 38.3 Å². The SMILES string of the molecule is COC(=O)C(C)C(Nc1ccccc1)c1ccccc1. The Hall–Kier alpha value is -2.29. The molecule has 0 aliphatic heterocycles. The van der Waals surface area contributed by atoms with Crippen molar-refractivity contribution >= 4 is 11.7 Å². The van der Waals surface area contributed by atoms with E-state index >= 15 is 0 Å². The molecule has 2 atom stereocenters. The molecule has 3 nitrogen and oxygen atoms in total. The molecule has 0 bridgehead atoms. The van der Waals surface area contributed by atoms with Crippen LogP contribution in [0.3, 0.4) is 0 Å². The Kier molecular flexibility index (Phi) is 4.77. The van der Waals surface area contributed by atoms with Crippen molar-refractivity contribution < 1.29 is 9.53 Å². The Bertz CT molecular complexity index is 539. The van der Waals surface area contributed by atoms with E-state index in [1.54, 1.807) is 0 Å². The van der Waals surface area contributed by atoms with Gasteiger partial charge in [-0.25, -0.2) is 0 Å². The number of hydrogen-bond acceptors (Lipinski definition) is 3. The third-order valence-corrected chi connectivity index (χ3v) is 3.33. The smallest absolute Gasteiger partial charge is 0.310 e. The van der Waals surface area contributed by atoms with Crippen LogP contribution in [0.4, 0.5) is 5.69 Å². The van der Waals surface area contributed by atoms with E-state index in [1.807, 2.05) is 67.6 Å². The predicted octanol–water partition coefficient (Wildman–Crippen LogP) is 3.65. The molecular weight excluding hydrogens is 250 g/mol. The fourth-order valence-electron chi connectivity index (χ4n) is 2.19. The van der Waals surface area contributed by atoms with Crippen LogP contribution in [0, 0.1) is 5.92 Å². The highest BCUT2D eigenvalue weighted by molar-refractivity contribution is 5.73. The minimum atomic E-state index is -0.275. The van der Waals surface area contributed by atoms with Gasteiger partial charge in [0.1, 0.15) is 0 Å². The molecule has 0 radical (unpaired) electrons. The summed E-state index contributed by atoms with van der Waals surface area (Å²) in [4.78, 5) is 11.9. The van der Waals surface area contributed by atoms with Gasteiger partial charge in [-0.1, -0.05) is 48.5 Å². The molecule has 0 aliphatic carbocycles. The molecule has 20 heavy (non-hydrogen) atoms. The second-order valence-corrected chi connectivity index (χ2v) is 4.71. The molecule has 3 heteroatoms. The van der Waals surface area contributed by atoms with Crippen LogP contribution < -0.4 is 5.32 Å². The summed E-state index contributed by atoms with van der Waals surface area (Å²) < 4.78 is 4.87. The predicted molar refractivity (Wildman–Crippen MR) is 80.4 cm³/mol. The van der Waals surface area contributed by atoms with Crippen molar-refractivity contribution in [1.29, 1.82) is 0 Å². The lowest BCUT2D eigenvalue weighted by Crippen LogP contribution is -2.26. The molecule has 0 aliphatic rings. The zero-order valence-electron chi connectivity index (χ0n) is 11.7. The molecule has 2 aromatic rings. The molecule has 0 aromatic heterocycles. The first-order chi connectivity index (χ1) is 9.72. The van der Waals surface area contributed by atoms with Crippen LogP contribution in [0.25, 0.3) is 0 Å². The Morgan fingerprint density at radius 2 is 1.55 bits per heavy atom. The van der Waals surface area contributed by atoms with Gasteiger partial charge < -0.3 is 10.1 Å². The normalized spacial score (nSPS) is 13.3. The third-order valence-electron chi connectivity index (χ3n) is 3.33. The van der Waals surface area contributed by atoms with Crippen LogP contribution in [-0.4, -0.2) is 13.1 Å². The van der Waals surface area contributed by atoms with Crippen molar-refractivity contribution in [3.05, 3.63) is 66.2 Å². The van der Waals surface area contributed by atoms with Crippen LogP contribution >= 0.6 is 0 Å². The number of esters is 1. The summed E-state index contributed by atoms with van der Waals surface area (Å²) in [5.41, 5.74) is 2.05. The largest absolute Gasteiger partial charge is 0.469 e. The maximum Gasteiger partial charge on any atom is 0.310 e. The Balaban J connectivity index is 2.27. The number of carbonyl (C=O) groups excluding carboxylic acids is 1. The zero-order chi connectivity index (χ0) is 14.4. The van der Waals surface area contributed by atoms with E-state index in [2.05, 4.69) is 5.32 Å². The number of nitrogens with one attached hydrogen (secondary N) is 1. The highest BCUT2D eigenvalue weighted by atomic mass is 16.5. The molecule has 0 amide bonds. The van der Waals surface area contributed by atoms with Crippen molar-refractivity contribution in [3.8, 4) is 0 Å². The molecule has 2 unspecified atom stereocenters. The summed E-state index contributed by atoms with van der Waals surface area (Å²) in [6, 6.07) is 19.7. The average molecular weight is 269 g/mol. The van der Waals surface area contributed by atoms with Gasteiger partial charge in [0.05, 0.1) is 19.1 Å². The quantitative estimate of drug-likeness (QED) is 0.842. The summed E-state index contributed by atoms with van der Waals surface area (Å²) in [7, 11) is 1.42. The van der Waals surface area contributed by atoms with Crippen LogP contribution in [0.15, 0.2) is 60.7 Å². The monoisotopic (exact) mass is 269 g/mol. The van der Waals surface area contributed by atoms with Gasteiger partial charge in [-0.2, -0.15) is 0 Å². The molecule has 1 N–H and O–H groups in total. The van der Waals surface area contributed by atoms with Gasteiger partial charge >= 0.3 is 5.97 Å². The minimum absolute atomic E-state index is 0.119. The number of carbonyl (C=O) groups is 1. The van der Waals surface area contributed by atoms with Crippen LogP contribution in [-0.2, 0) is 9.53 Å². The van der Waals surface area contributed by atoms with Crippen LogP contribution in [0.5, 0.6) is 0 Å². The summed E-state index contributed by atoms with van der Waals surface area (Å²) in [6.45, 7) is 1.87. The van der Waals surface area contributed by atoms with Gasteiger partial charge in [0.15, 0.2) is 0 Å². The van der Waals surface area contributed by atoms with Crippen LogP contribution in [0.2, 0.25) is 0 Å².